The Morgan fingerprint density at radius 1 is 1.43 bits per heavy atom. The van der Waals surface area contributed by atoms with Gasteiger partial charge in [-0.1, -0.05) is 6.92 Å². The third-order valence-electron chi connectivity index (χ3n) is 2.58. The maximum Gasteiger partial charge on any atom is 0.328 e. The summed E-state index contributed by atoms with van der Waals surface area (Å²) in [6, 6.07) is 2.00. The van der Waals surface area contributed by atoms with E-state index in [4.69, 9.17) is 4.74 Å². The van der Waals surface area contributed by atoms with Crippen LogP contribution in [0.4, 0.5) is 17.3 Å². The fraction of sp³-hybridized carbons (Fsp3) is 0.538. The zero-order chi connectivity index (χ0) is 15.8. The van der Waals surface area contributed by atoms with E-state index in [0.717, 1.165) is 6.42 Å². The number of carbonyl (C=O) groups is 1. The first-order valence-electron chi connectivity index (χ1n) is 6.81. The molecular weight excluding hydrogens is 276 g/mol. The first-order valence-corrected chi connectivity index (χ1v) is 6.81. The summed E-state index contributed by atoms with van der Waals surface area (Å²) in [7, 11) is 0. The zero-order valence-electron chi connectivity index (χ0n) is 12.4. The number of anilines is 2. The summed E-state index contributed by atoms with van der Waals surface area (Å²) in [5, 5.41) is 16.7. The van der Waals surface area contributed by atoms with Gasteiger partial charge in [0.25, 0.3) is 5.69 Å². The van der Waals surface area contributed by atoms with Crippen LogP contribution in [0.5, 0.6) is 0 Å². The molecule has 0 fully saturated rings. The normalized spacial score (nSPS) is 11.6. The van der Waals surface area contributed by atoms with Crippen LogP contribution in [-0.2, 0) is 9.53 Å². The minimum atomic E-state index is -0.640. The molecule has 0 aromatic carbocycles. The van der Waals surface area contributed by atoms with Gasteiger partial charge in [-0.2, -0.15) is 0 Å². The van der Waals surface area contributed by atoms with Gasteiger partial charge in [0, 0.05) is 6.54 Å². The van der Waals surface area contributed by atoms with Crippen molar-refractivity contribution in [1.82, 2.24) is 4.98 Å². The van der Waals surface area contributed by atoms with E-state index in [0.29, 0.717) is 12.4 Å². The smallest absolute Gasteiger partial charge is 0.328 e. The van der Waals surface area contributed by atoms with Crippen molar-refractivity contribution in [2.75, 3.05) is 23.8 Å². The molecule has 0 spiro atoms. The summed E-state index contributed by atoms with van der Waals surface area (Å²) >= 11 is 0. The summed E-state index contributed by atoms with van der Waals surface area (Å²) in [6.07, 6.45) is 0.867. The highest BCUT2D eigenvalue weighted by Gasteiger charge is 2.17. The third kappa shape index (κ3) is 5.25. The number of nitrogens with zero attached hydrogens (tertiary/aromatic N) is 2. The average molecular weight is 296 g/mol. The Labute approximate surface area is 123 Å². The predicted octanol–water partition coefficient (Wildman–Crippen LogP) is 2.18. The lowest BCUT2D eigenvalue weighted by atomic mass is 10.3. The topological polar surface area (TPSA) is 106 Å². The van der Waals surface area contributed by atoms with Crippen LogP contribution < -0.4 is 10.6 Å². The van der Waals surface area contributed by atoms with Crippen LogP contribution in [0.25, 0.3) is 0 Å². The Hall–Kier alpha value is -2.38. The van der Waals surface area contributed by atoms with E-state index in [2.05, 4.69) is 15.6 Å². The molecule has 0 saturated carbocycles. The highest BCUT2D eigenvalue weighted by atomic mass is 16.6. The van der Waals surface area contributed by atoms with Crippen molar-refractivity contribution in [3.63, 3.8) is 0 Å². The van der Waals surface area contributed by atoms with E-state index in [1.165, 1.54) is 12.1 Å². The third-order valence-corrected chi connectivity index (χ3v) is 2.58. The van der Waals surface area contributed by atoms with E-state index in [-0.39, 0.29) is 18.1 Å². The van der Waals surface area contributed by atoms with Crippen LogP contribution in [0, 0.1) is 10.1 Å². The van der Waals surface area contributed by atoms with Gasteiger partial charge in [0.1, 0.15) is 17.7 Å². The summed E-state index contributed by atoms with van der Waals surface area (Å²) in [5.74, 6) is 0.210. The number of carbonyl (C=O) groups excluding carboxylic acids is 1. The molecule has 0 aliphatic rings. The molecule has 21 heavy (non-hydrogen) atoms. The fourth-order valence-corrected chi connectivity index (χ4v) is 1.59. The fourth-order valence-electron chi connectivity index (χ4n) is 1.59. The summed E-state index contributed by atoms with van der Waals surface area (Å²) in [6.45, 7) is 6.23. The number of hydrogen-bond acceptors (Lipinski definition) is 7. The maximum absolute atomic E-state index is 11.6. The highest BCUT2D eigenvalue weighted by Crippen LogP contribution is 2.21. The molecule has 1 rings (SSSR count). The van der Waals surface area contributed by atoms with Crippen molar-refractivity contribution in [2.45, 2.75) is 33.2 Å². The molecule has 0 aliphatic heterocycles. The molecule has 0 saturated heterocycles. The molecule has 0 radical (unpaired) electrons. The standard InChI is InChI=1S/C13H20N4O4/c1-4-6-14-11-7-10(17(19)20)8-12(16-11)15-9(3)13(18)21-5-2/h7-9H,4-6H2,1-3H3,(H2,14,15,16). The van der Waals surface area contributed by atoms with Gasteiger partial charge in [0.05, 0.1) is 23.7 Å². The largest absolute Gasteiger partial charge is 0.464 e. The zero-order valence-corrected chi connectivity index (χ0v) is 12.4. The van der Waals surface area contributed by atoms with Gasteiger partial charge in [-0.3, -0.25) is 10.1 Å². The van der Waals surface area contributed by atoms with Crippen molar-refractivity contribution < 1.29 is 14.5 Å². The van der Waals surface area contributed by atoms with Crippen LogP contribution in [0.1, 0.15) is 27.2 Å². The number of nitro groups is 1. The van der Waals surface area contributed by atoms with Crippen molar-refractivity contribution >= 4 is 23.3 Å². The first-order chi connectivity index (χ1) is 9.97. The van der Waals surface area contributed by atoms with Gasteiger partial charge < -0.3 is 15.4 Å². The minimum absolute atomic E-state index is 0.0952. The quantitative estimate of drug-likeness (QED) is 0.430. The van der Waals surface area contributed by atoms with E-state index in [1.807, 2.05) is 6.92 Å². The van der Waals surface area contributed by atoms with Crippen LogP contribution in [0.3, 0.4) is 0 Å². The van der Waals surface area contributed by atoms with Gasteiger partial charge in [-0.25, -0.2) is 9.78 Å². The van der Waals surface area contributed by atoms with Gasteiger partial charge in [0.15, 0.2) is 0 Å². The molecule has 1 aromatic heterocycles. The summed E-state index contributed by atoms with van der Waals surface area (Å²) in [4.78, 5) is 26.2. The summed E-state index contributed by atoms with van der Waals surface area (Å²) in [5.41, 5.74) is -0.0952. The molecule has 116 valence electrons. The molecule has 8 nitrogen and oxygen atoms in total. The van der Waals surface area contributed by atoms with E-state index >= 15 is 0 Å². The number of ether oxygens (including phenoxy) is 1. The number of hydrogen-bond donors (Lipinski definition) is 2. The molecule has 0 bridgehead atoms. The van der Waals surface area contributed by atoms with E-state index < -0.39 is 16.9 Å². The molecule has 1 heterocycles. The lowest BCUT2D eigenvalue weighted by Gasteiger charge is -2.14. The van der Waals surface area contributed by atoms with Gasteiger partial charge in [-0.05, 0) is 20.3 Å². The SMILES string of the molecule is CCCNc1cc([N+](=O)[O-])cc(NC(C)C(=O)OCC)n1. The van der Waals surface area contributed by atoms with Crippen molar-refractivity contribution in [3.05, 3.63) is 22.2 Å². The second-order valence-electron chi connectivity index (χ2n) is 4.40. The van der Waals surface area contributed by atoms with E-state index in [1.54, 1.807) is 13.8 Å². The van der Waals surface area contributed by atoms with Gasteiger partial charge >= 0.3 is 5.97 Å². The number of nitrogens with one attached hydrogen (secondary N) is 2. The Morgan fingerprint density at radius 3 is 2.67 bits per heavy atom. The molecule has 1 atom stereocenters. The monoisotopic (exact) mass is 296 g/mol. The van der Waals surface area contributed by atoms with Crippen molar-refractivity contribution in [2.24, 2.45) is 0 Å². The number of pyridine rings is 1. The lowest BCUT2D eigenvalue weighted by molar-refractivity contribution is -0.384. The second kappa shape index (κ2) is 8.03. The maximum atomic E-state index is 11.6. The van der Waals surface area contributed by atoms with Crippen LogP contribution in [-0.4, -0.2) is 35.1 Å². The van der Waals surface area contributed by atoms with Gasteiger partial charge in [-0.15, -0.1) is 0 Å². The van der Waals surface area contributed by atoms with Crippen molar-refractivity contribution in [3.8, 4) is 0 Å². The Bertz CT molecular complexity index is 507. The Balaban J connectivity index is 2.91. The van der Waals surface area contributed by atoms with Crippen LogP contribution in [0.15, 0.2) is 12.1 Å². The molecule has 0 amide bonds. The molecule has 0 aliphatic carbocycles. The predicted molar refractivity (Wildman–Crippen MR) is 79.4 cm³/mol. The molecular formula is C13H20N4O4. The molecule has 1 unspecified atom stereocenters. The molecule has 1 aromatic rings. The number of aromatic nitrogens is 1. The average Bonchev–Trinajstić information content (AvgIpc) is 2.45. The minimum Gasteiger partial charge on any atom is -0.464 e. The second-order valence-corrected chi connectivity index (χ2v) is 4.40. The molecule has 2 N–H and O–H groups in total. The van der Waals surface area contributed by atoms with Crippen molar-refractivity contribution in [1.29, 1.82) is 0 Å². The Kier molecular flexibility index (Phi) is 6.38. The number of rotatable bonds is 8. The van der Waals surface area contributed by atoms with E-state index in [9.17, 15) is 14.9 Å². The van der Waals surface area contributed by atoms with Crippen LogP contribution in [0.2, 0.25) is 0 Å². The van der Waals surface area contributed by atoms with Crippen LogP contribution >= 0.6 is 0 Å². The first kappa shape index (κ1) is 16.7. The molecule has 8 heteroatoms. The number of esters is 1. The Morgan fingerprint density at radius 2 is 2.10 bits per heavy atom. The highest BCUT2D eigenvalue weighted by molar-refractivity contribution is 5.78. The summed E-state index contributed by atoms with van der Waals surface area (Å²) < 4.78 is 4.87. The lowest BCUT2D eigenvalue weighted by Crippen LogP contribution is -2.28. The van der Waals surface area contributed by atoms with Gasteiger partial charge in [0.2, 0.25) is 0 Å².